The Morgan fingerprint density at radius 3 is 2.48 bits per heavy atom. The first-order valence-corrected chi connectivity index (χ1v) is 8.20. The Hall–Kier alpha value is -0.900. The molecule has 3 heteroatoms. The maximum absolute atomic E-state index is 11.1. The largest absolute Gasteiger partial charge is 0.386 e. The molecule has 3 rings (SSSR count). The second-order valence-corrected chi connectivity index (χ2v) is 6.91. The molecule has 1 unspecified atom stereocenters. The fraction of sp³-hybridized carbons (Fsp3) is 0.667. The van der Waals surface area contributed by atoms with Crippen LogP contribution in [0, 0.1) is 0 Å². The lowest BCUT2D eigenvalue weighted by molar-refractivity contribution is -0.0634. The predicted molar refractivity (Wildman–Crippen MR) is 84.5 cm³/mol. The van der Waals surface area contributed by atoms with Gasteiger partial charge >= 0.3 is 0 Å². The average Bonchev–Trinajstić information content (AvgIpc) is 2.46. The van der Waals surface area contributed by atoms with Crippen LogP contribution in [-0.4, -0.2) is 41.8 Å². The lowest BCUT2D eigenvalue weighted by Gasteiger charge is -2.44. The van der Waals surface area contributed by atoms with Crippen LogP contribution in [0.25, 0.3) is 0 Å². The van der Waals surface area contributed by atoms with Gasteiger partial charge in [-0.25, -0.2) is 0 Å². The topological polar surface area (TPSA) is 32.7 Å². The minimum Gasteiger partial charge on any atom is -0.386 e. The number of hydrogen-bond acceptors (Lipinski definition) is 3. The van der Waals surface area contributed by atoms with Crippen molar-refractivity contribution in [3.05, 3.63) is 35.4 Å². The first-order chi connectivity index (χ1) is 10.1. The summed E-state index contributed by atoms with van der Waals surface area (Å²) < 4.78 is 5.45. The molecule has 1 aliphatic heterocycles. The number of aliphatic hydroxyl groups excluding tert-OH is 1. The van der Waals surface area contributed by atoms with Gasteiger partial charge in [-0.1, -0.05) is 30.7 Å². The van der Waals surface area contributed by atoms with Crippen molar-refractivity contribution >= 4 is 0 Å². The van der Waals surface area contributed by atoms with Crippen LogP contribution < -0.4 is 0 Å². The molecule has 1 heterocycles. The Kier molecular flexibility index (Phi) is 4.34. The molecule has 1 N–H and O–H groups in total. The van der Waals surface area contributed by atoms with E-state index in [1.165, 1.54) is 24.8 Å². The number of benzene rings is 1. The van der Waals surface area contributed by atoms with Crippen LogP contribution in [0.4, 0.5) is 0 Å². The fourth-order valence-electron chi connectivity index (χ4n) is 3.54. The molecular formula is C18H27NO2. The number of rotatable bonds is 4. The van der Waals surface area contributed by atoms with E-state index in [0.717, 1.165) is 31.9 Å². The summed E-state index contributed by atoms with van der Waals surface area (Å²) >= 11 is 0. The number of aliphatic hydroxyl groups is 1. The summed E-state index contributed by atoms with van der Waals surface area (Å²) in [7, 11) is 0. The van der Waals surface area contributed by atoms with Crippen molar-refractivity contribution in [2.75, 3.05) is 26.3 Å². The summed E-state index contributed by atoms with van der Waals surface area (Å²) in [6, 6.07) is 8.47. The number of morpholine rings is 1. The summed E-state index contributed by atoms with van der Waals surface area (Å²) in [6.07, 6.45) is 3.40. The molecule has 3 nitrogen and oxygen atoms in total. The smallest absolute Gasteiger partial charge is 0.0971 e. The van der Waals surface area contributed by atoms with Crippen molar-refractivity contribution in [1.82, 2.24) is 4.90 Å². The summed E-state index contributed by atoms with van der Waals surface area (Å²) in [5.74, 6) is 0.649. The van der Waals surface area contributed by atoms with Crippen LogP contribution in [-0.2, 0) is 4.74 Å². The Labute approximate surface area is 127 Å². The molecule has 1 aliphatic carbocycles. The minimum absolute atomic E-state index is 0.260. The second-order valence-electron chi connectivity index (χ2n) is 6.91. The highest BCUT2D eigenvalue weighted by Gasteiger charge is 2.38. The molecule has 1 saturated heterocycles. The van der Waals surface area contributed by atoms with Crippen molar-refractivity contribution in [1.29, 1.82) is 0 Å². The average molecular weight is 289 g/mol. The summed E-state index contributed by atoms with van der Waals surface area (Å²) in [5, 5.41) is 11.1. The Balaban J connectivity index is 1.84. The number of hydrogen-bond donors (Lipinski definition) is 1. The van der Waals surface area contributed by atoms with Crippen molar-refractivity contribution in [2.45, 2.75) is 50.7 Å². The highest BCUT2D eigenvalue weighted by atomic mass is 16.5. The molecule has 1 atom stereocenters. The third-order valence-corrected chi connectivity index (χ3v) is 5.33. The van der Waals surface area contributed by atoms with Gasteiger partial charge in [0.2, 0.25) is 0 Å². The molecule has 2 fully saturated rings. The van der Waals surface area contributed by atoms with Gasteiger partial charge < -0.3 is 9.84 Å². The van der Waals surface area contributed by atoms with Crippen molar-refractivity contribution in [3.8, 4) is 0 Å². The summed E-state index contributed by atoms with van der Waals surface area (Å²) in [6.45, 7) is 7.63. The van der Waals surface area contributed by atoms with E-state index in [1.807, 2.05) is 0 Å². The molecule has 116 valence electrons. The minimum atomic E-state index is -0.451. The molecule has 1 aromatic rings. The maximum atomic E-state index is 11.1. The van der Waals surface area contributed by atoms with Gasteiger partial charge in [0.05, 0.1) is 19.3 Å². The van der Waals surface area contributed by atoms with Crippen LogP contribution in [0.1, 0.15) is 56.3 Å². The van der Waals surface area contributed by atoms with E-state index in [-0.39, 0.29) is 5.54 Å². The molecule has 0 spiro atoms. The molecule has 0 bridgehead atoms. The van der Waals surface area contributed by atoms with E-state index in [4.69, 9.17) is 4.74 Å². The van der Waals surface area contributed by atoms with E-state index in [2.05, 4.69) is 43.0 Å². The zero-order valence-corrected chi connectivity index (χ0v) is 13.2. The molecule has 21 heavy (non-hydrogen) atoms. The van der Waals surface area contributed by atoms with Crippen molar-refractivity contribution in [3.63, 3.8) is 0 Å². The maximum Gasteiger partial charge on any atom is 0.0971 e. The zero-order valence-electron chi connectivity index (χ0n) is 13.2. The number of nitrogens with zero attached hydrogens (tertiary/aromatic N) is 1. The van der Waals surface area contributed by atoms with Gasteiger partial charge in [-0.05, 0) is 43.7 Å². The SMILES string of the molecule is CC(C)(C(O)c1ccccc1C1CCC1)N1CCOCC1. The third-order valence-electron chi connectivity index (χ3n) is 5.33. The standard InChI is InChI=1S/C18H27NO2/c1-18(2,19-10-12-21-13-11-19)17(20)16-9-4-3-8-15(16)14-6-5-7-14/h3-4,8-9,14,17,20H,5-7,10-13H2,1-2H3. The van der Waals surface area contributed by atoms with Gasteiger partial charge in [0.15, 0.2) is 0 Å². The van der Waals surface area contributed by atoms with Gasteiger partial charge in [0.1, 0.15) is 0 Å². The molecule has 0 amide bonds. The molecule has 0 aromatic heterocycles. The number of ether oxygens (including phenoxy) is 1. The highest BCUT2D eigenvalue weighted by Crippen LogP contribution is 2.42. The van der Waals surface area contributed by atoms with Gasteiger partial charge in [-0.2, -0.15) is 0 Å². The predicted octanol–water partition coefficient (Wildman–Crippen LogP) is 3.10. The zero-order chi connectivity index (χ0) is 14.9. The fourth-order valence-corrected chi connectivity index (χ4v) is 3.54. The monoisotopic (exact) mass is 289 g/mol. The lowest BCUT2D eigenvalue weighted by Crippen LogP contribution is -2.53. The lowest BCUT2D eigenvalue weighted by atomic mass is 9.75. The summed E-state index contributed by atoms with van der Waals surface area (Å²) in [4.78, 5) is 2.36. The molecule has 1 saturated carbocycles. The van der Waals surface area contributed by atoms with Crippen LogP contribution in [0.3, 0.4) is 0 Å². The van der Waals surface area contributed by atoms with E-state index in [0.29, 0.717) is 5.92 Å². The Morgan fingerprint density at radius 2 is 1.86 bits per heavy atom. The third kappa shape index (κ3) is 2.87. The van der Waals surface area contributed by atoms with E-state index >= 15 is 0 Å². The van der Waals surface area contributed by atoms with Gasteiger partial charge in [-0.3, -0.25) is 4.90 Å². The Morgan fingerprint density at radius 1 is 1.19 bits per heavy atom. The van der Waals surface area contributed by atoms with Gasteiger partial charge in [-0.15, -0.1) is 0 Å². The van der Waals surface area contributed by atoms with Crippen LogP contribution in [0.2, 0.25) is 0 Å². The van der Waals surface area contributed by atoms with E-state index < -0.39 is 6.10 Å². The molecule has 0 radical (unpaired) electrons. The Bertz CT molecular complexity index is 476. The molecular weight excluding hydrogens is 262 g/mol. The quantitative estimate of drug-likeness (QED) is 0.924. The first-order valence-electron chi connectivity index (χ1n) is 8.20. The van der Waals surface area contributed by atoms with E-state index in [1.54, 1.807) is 0 Å². The second kappa shape index (κ2) is 6.07. The highest BCUT2D eigenvalue weighted by molar-refractivity contribution is 5.35. The van der Waals surface area contributed by atoms with E-state index in [9.17, 15) is 5.11 Å². The van der Waals surface area contributed by atoms with Gasteiger partial charge in [0.25, 0.3) is 0 Å². The molecule has 2 aliphatic rings. The van der Waals surface area contributed by atoms with Gasteiger partial charge in [0, 0.05) is 18.6 Å². The van der Waals surface area contributed by atoms with Crippen molar-refractivity contribution in [2.24, 2.45) is 0 Å². The van der Waals surface area contributed by atoms with Crippen molar-refractivity contribution < 1.29 is 9.84 Å². The first kappa shape index (κ1) is 15.0. The van der Waals surface area contributed by atoms with Crippen LogP contribution >= 0.6 is 0 Å². The van der Waals surface area contributed by atoms with Crippen LogP contribution in [0.15, 0.2) is 24.3 Å². The van der Waals surface area contributed by atoms with Crippen LogP contribution in [0.5, 0.6) is 0 Å². The normalized spacial score (nSPS) is 22.8. The molecule has 1 aromatic carbocycles. The summed E-state index contributed by atoms with van der Waals surface area (Å²) in [5.41, 5.74) is 2.22.